The molecular formula is C22H15Br. The van der Waals surface area contributed by atoms with Gasteiger partial charge in [0, 0.05) is 9.86 Å². The molecule has 0 aliphatic carbocycles. The minimum Gasteiger partial charge on any atom is -0.0622 e. The molecule has 0 unspecified atom stereocenters. The van der Waals surface area contributed by atoms with Gasteiger partial charge in [-0.25, -0.2) is 0 Å². The first kappa shape index (κ1) is 14.2. The fourth-order valence-corrected chi connectivity index (χ4v) is 3.63. The van der Waals surface area contributed by atoms with Crippen LogP contribution in [0.25, 0.3) is 33.0 Å². The standard InChI is InChI=1S/C22H15Br/c23-21-14-6-10-17-9-5-13-20(22(17)21)19-12-4-11-18(15-19)16-7-2-1-3-8-16/h1-15H. The Bertz CT molecular complexity index is 966. The number of hydrogen-bond acceptors (Lipinski definition) is 0. The number of benzene rings is 4. The summed E-state index contributed by atoms with van der Waals surface area (Å²) in [7, 11) is 0. The Kier molecular flexibility index (Phi) is 3.72. The molecule has 0 spiro atoms. The highest BCUT2D eigenvalue weighted by atomic mass is 79.9. The summed E-state index contributed by atoms with van der Waals surface area (Å²) in [5, 5.41) is 2.52. The SMILES string of the molecule is Brc1cccc2cccc(-c3cccc(-c4ccccc4)c3)c12. The molecule has 0 radical (unpaired) electrons. The average Bonchev–Trinajstić information content (AvgIpc) is 2.62. The van der Waals surface area contributed by atoms with Crippen molar-refractivity contribution in [3.05, 3.63) is 95.5 Å². The van der Waals surface area contributed by atoms with E-state index in [-0.39, 0.29) is 0 Å². The molecule has 1 heteroatoms. The third-order valence-electron chi connectivity index (χ3n) is 4.13. The van der Waals surface area contributed by atoms with Gasteiger partial charge in [0.2, 0.25) is 0 Å². The zero-order valence-corrected chi connectivity index (χ0v) is 14.1. The average molecular weight is 359 g/mol. The number of fused-ring (bicyclic) bond motifs is 1. The molecule has 0 N–H and O–H groups in total. The summed E-state index contributed by atoms with van der Waals surface area (Å²) in [5.74, 6) is 0. The molecule has 0 amide bonds. The summed E-state index contributed by atoms with van der Waals surface area (Å²) >= 11 is 3.71. The molecule has 0 saturated carbocycles. The van der Waals surface area contributed by atoms with E-state index in [1.54, 1.807) is 0 Å². The van der Waals surface area contributed by atoms with Crippen molar-refractivity contribution in [3.8, 4) is 22.3 Å². The molecule has 4 aromatic carbocycles. The van der Waals surface area contributed by atoms with Gasteiger partial charge in [-0.1, -0.05) is 94.8 Å². The summed E-state index contributed by atoms with van der Waals surface area (Å²) in [6, 6.07) is 32.1. The van der Waals surface area contributed by atoms with Gasteiger partial charge in [0.1, 0.15) is 0 Å². The van der Waals surface area contributed by atoms with Crippen molar-refractivity contribution in [2.24, 2.45) is 0 Å². The monoisotopic (exact) mass is 358 g/mol. The molecule has 4 aromatic rings. The van der Waals surface area contributed by atoms with Crippen molar-refractivity contribution in [2.75, 3.05) is 0 Å². The van der Waals surface area contributed by atoms with E-state index >= 15 is 0 Å². The van der Waals surface area contributed by atoms with Crippen LogP contribution >= 0.6 is 15.9 Å². The van der Waals surface area contributed by atoms with Crippen molar-refractivity contribution >= 4 is 26.7 Å². The minimum absolute atomic E-state index is 1.13. The lowest BCUT2D eigenvalue weighted by atomic mass is 9.95. The maximum atomic E-state index is 3.71. The summed E-state index contributed by atoms with van der Waals surface area (Å²) < 4.78 is 1.13. The zero-order valence-electron chi connectivity index (χ0n) is 12.5. The van der Waals surface area contributed by atoms with Crippen LogP contribution in [0.5, 0.6) is 0 Å². The highest BCUT2D eigenvalue weighted by Gasteiger charge is 2.07. The van der Waals surface area contributed by atoms with Crippen molar-refractivity contribution < 1.29 is 0 Å². The van der Waals surface area contributed by atoms with Crippen LogP contribution < -0.4 is 0 Å². The van der Waals surface area contributed by atoms with Crippen LogP contribution in [0.3, 0.4) is 0 Å². The van der Waals surface area contributed by atoms with E-state index in [9.17, 15) is 0 Å². The van der Waals surface area contributed by atoms with Gasteiger partial charge in [-0.15, -0.1) is 0 Å². The topological polar surface area (TPSA) is 0 Å². The first-order valence-electron chi connectivity index (χ1n) is 7.66. The molecule has 0 saturated heterocycles. The Hall–Kier alpha value is -2.38. The molecule has 4 rings (SSSR count). The second kappa shape index (κ2) is 6.02. The van der Waals surface area contributed by atoms with Crippen LogP contribution in [0.4, 0.5) is 0 Å². The minimum atomic E-state index is 1.13. The summed E-state index contributed by atoms with van der Waals surface area (Å²) in [4.78, 5) is 0. The third kappa shape index (κ3) is 2.69. The fourth-order valence-electron chi connectivity index (χ4n) is 3.03. The third-order valence-corrected chi connectivity index (χ3v) is 4.80. The first-order valence-corrected chi connectivity index (χ1v) is 8.45. The van der Waals surface area contributed by atoms with Crippen molar-refractivity contribution in [1.29, 1.82) is 0 Å². The largest absolute Gasteiger partial charge is 0.0622 e. The second-order valence-electron chi connectivity index (χ2n) is 5.59. The molecule has 0 atom stereocenters. The molecule has 23 heavy (non-hydrogen) atoms. The van der Waals surface area contributed by atoms with E-state index in [1.807, 2.05) is 0 Å². The maximum Gasteiger partial charge on any atom is 0.0259 e. The molecule has 0 nitrogen and oxygen atoms in total. The lowest BCUT2D eigenvalue weighted by molar-refractivity contribution is 1.60. The number of halogens is 1. The molecule has 0 heterocycles. The summed E-state index contributed by atoms with van der Waals surface area (Å²) in [6.07, 6.45) is 0. The van der Waals surface area contributed by atoms with Gasteiger partial charge in [-0.05, 0) is 39.8 Å². The molecular weight excluding hydrogens is 344 g/mol. The van der Waals surface area contributed by atoms with Gasteiger partial charge in [0.15, 0.2) is 0 Å². The first-order chi connectivity index (χ1) is 11.3. The van der Waals surface area contributed by atoms with E-state index in [2.05, 4.69) is 107 Å². The number of hydrogen-bond donors (Lipinski definition) is 0. The quantitative estimate of drug-likeness (QED) is 0.364. The van der Waals surface area contributed by atoms with Crippen LogP contribution in [0.1, 0.15) is 0 Å². The van der Waals surface area contributed by atoms with Gasteiger partial charge in [-0.2, -0.15) is 0 Å². The predicted octanol–water partition coefficient (Wildman–Crippen LogP) is 6.94. The van der Waals surface area contributed by atoms with Crippen LogP contribution in [0.2, 0.25) is 0 Å². The maximum absolute atomic E-state index is 3.71. The van der Waals surface area contributed by atoms with E-state index in [0.717, 1.165) is 4.47 Å². The van der Waals surface area contributed by atoms with Gasteiger partial charge in [0.25, 0.3) is 0 Å². The van der Waals surface area contributed by atoms with E-state index < -0.39 is 0 Å². The second-order valence-corrected chi connectivity index (χ2v) is 6.44. The molecule has 0 aromatic heterocycles. The molecule has 0 aliphatic rings. The Labute approximate surface area is 144 Å². The van der Waals surface area contributed by atoms with Crippen LogP contribution in [0, 0.1) is 0 Å². The highest BCUT2D eigenvalue weighted by molar-refractivity contribution is 9.10. The van der Waals surface area contributed by atoms with Gasteiger partial charge >= 0.3 is 0 Å². The molecule has 0 bridgehead atoms. The Morgan fingerprint density at radius 1 is 0.522 bits per heavy atom. The lowest BCUT2D eigenvalue weighted by Gasteiger charge is -2.10. The van der Waals surface area contributed by atoms with E-state index in [4.69, 9.17) is 0 Å². The van der Waals surface area contributed by atoms with Crippen LogP contribution in [-0.2, 0) is 0 Å². The lowest BCUT2D eigenvalue weighted by Crippen LogP contribution is -1.84. The van der Waals surface area contributed by atoms with Crippen LogP contribution in [-0.4, -0.2) is 0 Å². The van der Waals surface area contributed by atoms with Crippen LogP contribution in [0.15, 0.2) is 95.5 Å². The number of rotatable bonds is 2. The van der Waals surface area contributed by atoms with Crippen molar-refractivity contribution in [3.63, 3.8) is 0 Å². The highest BCUT2D eigenvalue weighted by Crippen LogP contribution is 2.35. The molecule has 0 fully saturated rings. The molecule has 0 aliphatic heterocycles. The normalized spacial score (nSPS) is 10.8. The Morgan fingerprint density at radius 2 is 1.17 bits per heavy atom. The molecule has 110 valence electrons. The van der Waals surface area contributed by atoms with Gasteiger partial charge < -0.3 is 0 Å². The summed E-state index contributed by atoms with van der Waals surface area (Å²) in [6.45, 7) is 0. The van der Waals surface area contributed by atoms with Crippen molar-refractivity contribution in [2.45, 2.75) is 0 Å². The van der Waals surface area contributed by atoms with Crippen molar-refractivity contribution in [1.82, 2.24) is 0 Å². The van der Waals surface area contributed by atoms with Gasteiger partial charge in [-0.3, -0.25) is 0 Å². The predicted molar refractivity (Wildman–Crippen MR) is 103 cm³/mol. The van der Waals surface area contributed by atoms with Gasteiger partial charge in [0.05, 0.1) is 0 Å². The Morgan fingerprint density at radius 3 is 2.00 bits per heavy atom. The smallest absolute Gasteiger partial charge is 0.0259 e. The van der Waals surface area contributed by atoms with E-state index in [1.165, 1.54) is 33.0 Å². The summed E-state index contributed by atoms with van der Waals surface area (Å²) in [5.41, 5.74) is 4.98. The Balaban J connectivity index is 1.93. The zero-order chi connectivity index (χ0) is 15.6. The fraction of sp³-hybridized carbons (Fsp3) is 0. The van der Waals surface area contributed by atoms with E-state index in [0.29, 0.717) is 0 Å².